The van der Waals surface area contributed by atoms with Gasteiger partial charge in [-0.1, -0.05) is 51.1 Å². The number of hydrogen-bond acceptors (Lipinski definition) is 6. The normalized spacial score (nSPS) is 27.1. The highest BCUT2D eigenvalue weighted by Gasteiger charge is 2.41. The first-order chi connectivity index (χ1) is 19.9. The molecule has 3 unspecified atom stereocenters. The van der Waals surface area contributed by atoms with Crippen molar-refractivity contribution in [2.24, 2.45) is 17.1 Å². The molecule has 5 heterocycles. The Morgan fingerprint density at radius 3 is 2.31 bits per heavy atom. The molecule has 1 amide bonds. The minimum absolute atomic E-state index is 0.0461. The second kappa shape index (κ2) is 12.1. The number of halogens is 3. The largest absolute Gasteiger partial charge is 0.573 e. The van der Waals surface area contributed by atoms with E-state index in [1.54, 1.807) is 12.1 Å². The molecule has 0 aromatic heterocycles. The summed E-state index contributed by atoms with van der Waals surface area (Å²) in [5, 5.41) is 0. The van der Waals surface area contributed by atoms with E-state index in [0.29, 0.717) is 43.5 Å². The maximum atomic E-state index is 13.8. The van der Waals surface area contributed by atoms with Crippen LogP contribution in [0.5, 0.6) is 11.5 Å². The summed E-state index contributed by atoms with van der Waals surface area (Å²) in [5.74, 6) is 1.58. The molecule has 2 N–H and O–H groups in total. The summed E-state index contributed by atoms with van der Waals surface area (Å²) in [6.45, 7) is 10.2. The minimum atomic E-state index is -4.77. The summed E-state index contributed by atoms with van der Waals surface area (Å²) in [5.41, 5.74) is 7.94. The lowest BCUT2D eigenvalue weighted by molar-refractivity contribution is -0.274. The minimum Gasteiger partial charge on any atom is -0.489 e. The Morgan fingerprint density at radius 2 is 1.64 bits per heavy atom. The number of carbonyl (C=O) groups excluding carboxylic acids is 1. The Morgan fingerprint density at radius 1 is 0.952 bits per heavy atom. The Balaban J connectivity index is 1.56. The first-order valence-electron chi connectivity index (χ1n) is 14.7. The van der Waals surface area contributed by atoms with Crippen LogP contribution in [0, 0.1) is 11.3 Å². The van der Waals surface area contributed by atoms with Crippen LogP contribution in [0.3, 0.4) is 0 Å². The number of piperazine rings is 1. The maximum Gasteiger partial charge on any atom is 0.573 e. The van der Waals surface area contributed by atoms with Crippen LogP contribution in [0.1, 0.15) is 57.2 Å². The number of alkyl halides is 3. The number of nitrogens with zero attached hydrogens (tertiary/aromatic N) is 3. The molecule has 5 aliphatic rings. The number of para-hydroxylation sites is 1. The van der Waals surface area contributed by atoms with Gasteiger partial charge in [0.15, 0.2) is 0 Å². The molecule has 42 heavy (non-hydrogen) atoms. The lowest BCUT2D eigenvalue weighted by Gasteiger charge is -2.50. The van der Waals surface area contributed by atoms with Gasteiger partial charge in [-0.2, -0.15) is 0 Å². The van der Waals surface area contributed by atoms with Gasteiger partial charge in [0, 0.05) is 50.7 Å². The first-order valence-corrected chi connectivity index (χ1v) is 14.7. The Labute approximate surface area is 246 Å². The summed E-state index contributed by atoms with van der Waals surface area (Å²) in [7, 11) is 0. The number of benzene rings is 2. The summed E-state index contributed by atoms with van der Waals surface area (Å²) in [6, 6.07) is 13.4. The second-order valence-electron chi connectivity index (χ2n) is 12.6. The molecule has 2 aromatic rings. The molecular formula is C32H41F3N4O3. The van der Waals surface area contributed by atoms with E-state index in [4.69, 9.17) is 10.5 Å². The van der Waals surface area contributed by atoms with Crippen molar-refractivity contribution < 1.29 is 27.4 Å². The highest BCUT2D eigenvalue weighted by Crippen LogP contribution is 2.40. The molecular weight excluding hydrogens is 545 g/mol. The predicted molar refractivity (Wildman–Crippen MR) is 155 cm³/mol. The summed E-state index contributed by atoms with van der Waals surface area (Å²) in [6.07, 6.45) is -0.524. The number of amides is 1. The van der Waals surface area contributed by atoms with Crippen molar-refractivity contribution in [1.82, 2.24) is 14.7 Å². The average molecular weight is 587 g/mol. The van der Waals surface area contributed by atoms with E-state index in [2.05, 4.69) is 40.2 Å². The molecule has 228 valence electrons. The SMILES string of the molecule is CC(C)(C)C1CN2CCN1C(=O)CC1CCN(CC1)/C(N)=C\COc1ccccc1C2c1ccc(OC(F)(F)F)cc1. The van der Waals surface area contributed by atoms with Crippen LogP contribution >= 0.6 is 0 Å². The third kappa shape index (κ3) is 6.97. The van der Waals surface area contributed by atoms with E-state index in [0.717, 1.165) is 37.1 Å². The molecule has 0 radical (unpaired) electrons. The quantitative estimate of drug-likeness (QED) is 0.499. The van der Waals surface area contributed by atoms with Crippen molar-refractivity contribution in [3.63, 3.8) is 0 Å². The van der Waals surface area contributed by atoms with E-state index >= 15 is 0 Å². The van der Waals surface area contributed by atoms with Crippen LogP contribution in [0.4, 0.5) is 13.2 Å². The van der Waals surface area contributed by atoms with Crippen molar-refractivity contribution >= 4 is 5.91 Å². The molecule has 2 aromatic carbocycles. The van der Waals surface area contributed by atoms with Gasteiger partial charge in [0.1, 0.15) is 18.1 Å². The maximum absolute atomic E-state index is 13.8. The second-order valence-corrected chi connectivity index (χ2v) is 12.6. The molecule has 4 bridgehead atoms. The monoisotopic (exact) mass is 586 g/mol. The van der Waals surface area contributed by atoms with Gasteiger partial charge >= 0.3 is 6.36 Å². The molecule has 0 aliphatic carbocycles. The Bertz CT molecular complexity index is 1270. The Hall–Kier alpha value is -3.40. The average Bonchev–Trinajstić information content (AvgIpc) is 2.94. The van der Waals surface area contributed by atoms with Crippen LogP contribution in [0.2, 0.25) is 0 Å². The molecule has 0 spiro atoms. The summed E-state index contributed by atoms with van der Waals surface area (Å²) < 4.78 is 49.1. The zero-order valence-electron chi connectivity index (χ0n) is 24.6. The summed E-state index contributed by atoms with van der Waals surface area (Å²) in [4.78, 5) is 20.3. The zero-order chi connectivity index (χ0) is 30.1. The lowest BCUT2D eigenvalue weighted by atomic mass is 9.82. The fourth-order valence-corrected chi connectivity index (χ4v) is 6.46. The van der Waals surface area contributed by atoms with Crippen LogP contribution < -0.4 is 15.2 Å². The van der Waals surface area contributed by atoms with E-state index in [-0.39, 0.29) is 35.8 Å². The van der Waals surface area contributed by atoms with Gasteiger partial charge in [-0.15, -0.1) is 13.2 Å². The molecule has 10 heteroatoms. The first kappa shape index (κ1) is 30.1. The van der Waals surface area contributed by atoms with E-state index in [1.165, 1.54) is 12.1 Å². The molecule has 2 saturated heterocycles. The van der Waals surface area contributed by atoms with Crippen LogP contribution in [-0.2, 0) is 4.79 Å². The number of fused-ring (bicyclic) bond motifs is 2. The standard InChI is InChI=1S/C32H41F3N4O3/c1-31(2,3)27-21-38-17-18-39(27)29(40)20-22-12-15-37(16-13-22)28(36)14-19-41-26-7-5-4-6-25(26)30(38)23-8-10-24(11-9-23)42-32(33,34)35/h4-11,14,22,27,30H,12-13,15-21,36H2,1-3H3/b28-14-. The van der Waals surface area contributed by atoms with Gasteiger partial charge in [0.25, 0.3) is 0 Å². The fourth-order valence-electron chi connectivity index (χ4n) is 6.46. The van der Waals surface area contributed by atoms with Crippen molar-refractivity contribution in [1.29, 1.82) is 0 Å². The van der Waals surface area contributed by atoms with E-state index < -0.39 is 6.36 Å². The molecule has 3 atom stereocenters. The van der Waals surface area contributed by atoms with E-state index in [1.807, 2.05) is 30.3 Å². The van der Waals surface area contributed by atoms with Crippen LogP contribution in [-0.4, -0.2) is 72.3 Å². The number of nitrogens with two attached hydrogens (primary N) is 1. The smallest absolute Gasteiger partial charge is 0.489 e. The van der Waals surface area contributed by atoms with Crippen molar-refractivity contribution in [3.8, 4) is 11.5 Å². The number of carbonyl (C=O) groups is 1. The third-order valence-electron chi connectivity index (χ3n) is 8.71. The molecule has 7 rings (SSSR count). The van der Waals surface area contributed by atoms with Crippen molar-refractivity contribution in [2.45, 2.75) is 58.5 Å². The van der Waals surface area contributed by atoms with Crippen molar-refractivity contribution in [3.05, 3.63) is 71.6 Å². The highest BCUT2D eigenvalue weighted by molar-refractivity contribution is 5.77. The Kier molecular flexibility index (Phi) is 8.64. The van der Waals surface area contributed by atoms with Gasteiger partial charge in [-0.05, 0) is 54.0 Å². The summed E-state index contributed by atoms with van der Waals surface area (Å²) >= 11 is 0. The number of rotatable bonds is 2. The molecule has 5 aliphatic heterocycles. The van der Waals surface area contributed by atoms with Gasteiger partial charge in [-0.3, -0.25) is 9.69 Å². The molecule has 2 fully saturated rings. The predicted octanol–water partition coefficient (Wildman–Crippen LogP) is 5.53. The van der Waals surface area contributed by atoms with Gasteiger partial charge < -0.3 is 25.0 Å². The zero-order valence-corrected chi connectivity index (χ0v) is 24.6. The van der Waals surface area contributed by atoms with Gasteiger partial charge in [-0.25, -0.2) is 0 Å². The molecule has 0 saturated carbocycles. The lowest BCUT2D eigenvalue weighted by Crippen LogP contribution is -2.60. The third-order valence-corrected chi connectivity index (χ3v) is 8.71. The molecule has 7 nitrogen and oxygen atoms in total. The topological polar surface area (TPSA) is 71.3 Å². The highest BCUT2D eigenvalue weighted by atomic mass is 19.4. The van der Waals surface area contributed by atoms with E-state index in [9.17, 15) is 18.0 Å². The fraction of sp³-hybridized carbons (Fsp3) is 0.531. The van der Waals surface area contributed by atoms with Crippen LogP contribution in [0.15, 0.2) is 60.4 Å². The van der Waals surface area contributed by atoms with Gasteiger partial charge in [0.2, 0.25) is 5.91 Å². The van der Waals surface area contributed by atoms with Gasteiger partial charge in [0.05, 0.1) is 11.9 Å². The van der Waals surface area contributed by atoms with Crippen LogP contribution in [0.25, 0.3) is 0 Å². The number of piperidine rings is 1. The number of hydrogen-bond donors (Lipinski definition) is 1. The van der Waals surface area contributed by atoms with Crippen molar-refractivity contribution in [2.75, 3.05) is 39.3 Å². The number of ether oxygens (including phenoxy) is 2.